The van der Waals surface area contributed by atoms with E-state index in [1.807, 2.05) is 41.3 Å². The lowest BCUT2D eigenvalue weighted by molar-refractivity contribution is -0.126. The molecule has 0 atom stereocenters. The minimum Gasteiger partial charge on any atom is -0.352 e. The van der Waals surface area contributed by atoms with Crippen LogP contribution in [0.15, 0.2) is 36.7 Å². The number of carbonyl (C=O) groups excluding carboxylic acids is 1. The minimum atomic E-state index is 0.104. The number of piperidine rings is 1. The molecular formula is C19H25N5OS. The Bertz CT molecular complexity index is 803. The monoisotopic (exact) mass is 371 g/mol. The van der Waals surface area contributed by atoms with Gasteiger partial charge in [0.1, 0.15) is 6.33 Å². The number of benzene rings is 1. The molecule has 1 saturated carbocycles. The number of likely N-dealkylation sites (tertiary alicyclic amines) is 1. The van der Waals surface area contributed by atoms with E-state index in [-0.39, 0.29) is 11.8 Å². The summed E-state index contributed by atoms with van der Waals surface area (Å²) in [5, 5.41) is 7.51. The van der Waals surface area contributed by atoms with Gasteiger partial charge in [0.2, 0.25) is 5.91 Å². The van der Waals surface area contributed by atoms with Gasteiger partial charge >= 0.3 is 0 Å². The van der Waals surface area contributed by atoms with E-state index >= 15 is 0 Å². The Kier molecular flexibility index (Phi) is 5.17. The Hall–Kier alpha value is -1.99. The molecule has 1 saturated heterocycles. The molecule has 1 amide bonds. The summed E-state index contributed by atoms with van der Waals surface area (Å²) in [7, 11) is 0. The second-order valence-electron chi connectivity index (χ2n) is 7.29. The fraction of sp³-hybridized carbons (Fsp3) is 0.526. The lowest BCUT2D eigenvalue weighted by Crippen LogP contribution is -2.41. The average Bonchev–Trinajstić information content (AvgIpc) is 3.46. The number of aromatic nitrogens is 3. The third kappa shape index (κ3) is 4.04. The molecule has 0 spiro atoms. The molecule has 2 fully saturated rings. The summed E-state index contributed by atoms with van der Waals surface area (Å²) >= 11 is 5.53. The van der Waals surface area contributed by atoms with E-state index in [4.69, 9.17) is 12.2 Å². The van der Waals surface area contributed by atoms with E-state index in [2.05, 4.69) is 19.9 Å². The second kappa shape index (κ2) is 7.72. The van der Waals surface area contributed by atoms with Crippen molar-refractivity contribution in [2.45, 2.75) is 44.9 Å². The van der Waals surface area contributed by atoms with E-state index in [0.717, 1.165) is 42.9 Å². The molecule has 2 heterocycles. The van der Waals surface area contributed by atoms with E-state index in [9.17, 15) is 4.79 Å². The first-order valence-corrected chi connectivity index (χ1v) is 9.79. The van der Waals surface area contributed by atoms with Crippen molar-refractivity contribution in [3.63, 3.8) is 0 Å². The maximum Gasteiger partial charge on any atom is 0.223 e. The molecule has 0 unspecified atom stereocenters. The molecule has 2 aromatic rings. The molecule has 0 radical (unpaired) electrons. The highest BCUT2D eigenvalue weighted by Crippen LogP contribution is 2.34. The number of nitrogens with one attached hydrogen (secondary N) is 1. The molecule has 7 heteroatoms. The van der Waals surface area contributed by atoms with Gasteiger partial charge in [-0.3, -0.25) is 9.69 Å². The molecule has 2 aliphatic rings. The summed E-state index contributed by atoms with van der Waals surface area (Å²) < 4.78 is 4.83. The van der Waals surface area contributed by atoms with Crippen LogP contribution in [0.4, 0.5) is 0 Å². The number of nitrogens with zero attached hydrogens (tertiary/aromatic N) is 4. The Morgan fingerprint density at radius 2 is 1.88 bits per heavy atom. The highest BCUT2D eigenvalue weighted by atomic mass is 32.1. The minimum absolute atomic E-state index is 0.104. The van der Waals surface area contributed by atoms with Crippen molar-refractivity contribution >= 4 is 18.1 Å². The summed E-state index contributed by atoms with van der Waals surface area (Å²) in [5.41, 5.74) is 1.14. The zero-order valence-electron chi connectivity index (χ0n) is 14.9. The van der Waals surface area contributed by atoms with Gasteiger partial charge in [-0.2, -0.15) is 5.10 Å². The quantitative estimate of drug-likeness (QED) is 0.794. The van der Waals surface area contributed by atoms with Crippen LogP contribution < -0.4 is 5.32 Å². The van der Waals surface area contributed by atoms with Crippen molar-refractivity contribution in [3.8, 4) is 0 Å². The fourth-order valence-electron chi connectivity index (χ4n) is 3.51. The van der Waals surface area contributed by atoms with Crippen molar-refractivity contribution in [1.29, 1.82) is 0 Å². The molecule has 1 aromatic heterocycles. The van der Waals surface area contributed by atoms with Gasteiger partial charge < -0.3 is 9.88 Å². The van der Waals surface area contributed by atoms with E-state index < -0.39 is 0 Å². The number of rotatable bonds is 6. The van der Waals surface area contributed by atoms with Crippen LogP contribution in [0.5, 0.6) is 0 Å². The third-order valence-corrected chi connectivity index (χ3v) is 5.72. The van der Waals surface area contributed by atoms with Crippen molar-refractivity contribution in [1.82, 2.24) is 24.6 Å². The predicted molar refractivity (Wildman–Crippen MR) is 102 cm³/mol. The van der Waals surface area contributed by atoms with Crippen molar-refractivity contribution in [2.75, 3.05) is 13.1 Å². The standard InChI is InChI=1S/C19H25N5OS/c25-18(20-12-15-4-2-1-3-5-15)16-8-10-22(11-9-16)14-24-19(26)23(13-21-24)17-6-7-17/h1-5,13,16-17H,6-12,14H2,(H,20,25). The summed E-state index contributed by atoms with van der Waals surface area (Å²) in [4.78, 5) is 14.7. The van der Waals surface area contributed by atoms with Gasteiger partial charge in [-0.05, 0) is 43.5 Å². The van der Waals surface area contributed by atoms with Crippen LogP contribution >= 0.6 is 12.2 Å². The molecule has 138 valence electrons. The van der Waals surface area contributed by atoms with Crippen LogP contribution in [0.3, 0.4) is 0 Å². The van der Waals surface area contributed by atoms with Crippen molar-refractivity contribution in [3.05, 3.63) is 47.0 Å². The zero-order valence-corrected chi connectivity index (χ0v) is 15.7. The van der Waals surface area contributed by atoms with Gasteiger partial charge in [-0.1, -0.05) is 30.3 Å². The Labute approximate surface area is 158 Å². The highest BCUT2D eigenvalue weighted by molar-refractivity contribution is 7.71. The smallest absolute Gasteiger partial charge is 0.223 e. The maximum absolute atomic E-state index is 12.4. The van der Waals surface area contributed by atoms with Gasteiger partial charge in [0.25, 0.3) is 0 Å². The van der Waals surface area contributed by atoms with Crippen LogP contribution in [-0.4, -0.2) is 38.2 Å². The highest BCUT2D eigenvalue weighted by Gasteiger charge is 2.27. The molecule has 1 aromatic carbocycles. The Balaban J connectivity index is 1.24. The molecule has 4 rings (SSSR count). The largest absolute Gasteiger partial charge is 0.352 e. The number of amides is 1. The Morgan fingerprint density at radius 1 is 1.15 bits per heavy atom. The van der Waals surface area contributed by atoms with E-state index in [1.54, 1.807) is 0 Å². The first-order chi connectivity index (χ1) is 12.7. The van der Waals surface area contributed by atoms with Gasteiger partial charge in [0, 0.05) is 31.6 Å². The van der Waals surface area contributed by atoms with Gasteiger partial charge in [-0.25, -0.2) is 4.68 Å². The van der Waals surface area contributed by atoms with Crippen molar-refractivity contribution in [2.24, 2.45) is 5.92 Å². The number of hydrogen-bond donors (Lipinski definition) is 1. The summed E-state index contributed by atoms with van der Waals surface area (Å²) in [6, 6.07) is 10.6. The van der Waals surface area contributed by atoms with Crippen molar-refractivity contribution < 1.29 is 4.79 Å². The normalized spacial score (nSPS) is 18.8. The van der Waals surface area contributed by atoms with Crippen LogP contribution in [0.25, 0.3) is 0 Å². The molecule has 6 nitrogen and oxygen atoms in total. The average molecular weight is 372 g/mol. The lowest BCUT2D eigenvalue weighted by atomic mass is 9.96. The third-order valence-electron chi connectivity index (χ3n) is 5.30. The van der Waals surface area contributed by atoms with Crippen LogP contribution in [-0.2, 0) is 18.0 Å². The topological polar surface area (TPSA) is 55.1 Å². The van der Waals surface area contributed by atoms with E-state index in [0.29, 0.717) is 12.6 Å². The SMILES string of the molecule is O=C(NCc1ccccc1)C1CCN(Cn2ncn(C3CC3)c2=S)CC1. The molecular weight excluding hydrogens is 346 g/mol. The maximum atomic E-state index is 12.4. The van der Waals surface area contributed by atoms with Gasteiger partial charge in [-0.15, -0.1) is 0 Å². The lowest BCUT2D eigenvalue weighted by Gasteiger charge is -2.30. The van der Waals surface area contributed by atoms with Gasteiger partial charge in [0.05, 0.1) is 6.67 Å². The number of carbonyl (C=O) groups is 1. The molecule has 1 aliphatic heterocycles. The summed E-state index contributed by atoms with van der Waals surface area (Å²) in [6.07, 6.45) is 6.06. The molecule has 1 N–H and O–H groups in total. The van der Waals surface area contributed by atoms with Crippen LogP contribution in [0.1, 0.15) is 37.3 Å². The fourth-order valence-corrected chi connectivity index (χ4v) is 3.81. The number of hydrogen-bond acceptors (Lipinski definition) is 4. The first-order valence-electron chi connectivity index (χ1n) is 9.38. The van der Waals surface area contributed by atoms with E-state index in [1.165, 1.54) is 12.8 Å². The molecule has 1 aliphatic carbocycles. The summed E-state index contributed by atoms with van der Waals surface area (Å²) in [5.74, 6) is 0.273. The Morgan fingerprint density at radius 3 is 2.58 bits per heavy atom. The first kappa shape index (κ1) is 17.4. The second-order valence-corrected chi connectivity index (χ2v) is 7.65. The molecule has 0 bridgehead atoms. The predicted octanol–water partition coefficient (Wildman–Crippen LogP) is 2.73. The van der Waals surface area contributed by atoms with Crippen LogP contribution in [0, 0.1) is 10.7 Å². The molecule has 26 heavy (non-hydrogen) atoms. The van der Waals surface area contributed by atoms with Crippen LogP contribution in [0.2, 0.25) is 0 Å². The van der Waals surface area contributed by atoms with Gasteiger partial charge in [0.15, 0.2) is 4.77 Å². The zero-order chi connectivity index (χ0) is 17.9. The summed E-state index contributed by atoms with van der Waals surface area (Å²) in [6.45, 7) is 3.13.